The molecule has 0 aliphatic heterocycles. The number of nitrogens with one attached hydrogen (secondary N) is 3. The van der Waals surface area contributed by atoms with E-state index in [9.17, 15) is 9.59 Å². The van der Waals surface area contributed by atoms with E-state index in [1.165, 1.54) is 6.26 Å². The van der Waals surface area contributed by atoms with Crippen molar-refractivity contribution in [3.63, 3.8) is 0 Å². The van der Waals surface area contributed by atoms with Gasteiger partial charge in [0.2, 0.25) is 18.8 Å². The first-order chi connectivity index (χ1) is 9.22. The smallest absolute Gasteiger partial charge is 0.232 e. The summed E-state index contributed by atoms with van der Waals surface area (Å²) in [6.45, 7) is 1.94. The van der Waals surface area contributed by atoms with Gasteiger partial charge in [-0.25, -0.2) is 5.48 Å². The van der Waals surface area contributed by atoms with Crippen LogP contribution in [0.5, 0.6) is 0 Å². The first-order valence-electron chi connectivity index (χ1n) is 5.27. The maximum atomic E-state index is 10.5. The van der Waals surface area contributed by atoms with Gasteiger partial charge in [0.1, 0.15) is 11.9 Å². The van der Waals surface area contributed by atoms with Gasteiger partial charge >= 0.3 is 0 Å². The van der Waals surface area contributed by atoms with Crippen molar-refractivity contribution in [3.8, 4) is 0 Å². The zero-order valence-electron chi connectivity index (χ0n) is 10.0. The van der Waals surface area contributed by atoms with E-state index in [0.29, 0.717) is 12.8 Å². The van der Waals surface area contributed by atoms with Gasteiger partial charge in [0.05, 0.1) is 0 Å². The SMILES string of the molecule is CCC=CONc1nc(NC=O)nc(Cl)c1NC=O. The number of hydrogen-bond donors (Lipinski definition) is 3. The average molecular weight is 286 g/mol. The van der Waals surface area contributed by atoms with E-state index in [1.807, 2.05) is 6.92 Å². The topological polar surface area (TPSA) is 105 Å². The van der Waals surface area contributed by atoms with Crippen LogP contribution >= 0.6 is 11.6 Å². The minimum atomic E-state index is -0.0444. The summed E-state index contributed by atoms with van der Waals surface area (Å²) in [6.07, 6.45) is 4.79. The molecule has 0 aliphatic carbocycles. The fourth-order valence-corrected chi connectivity index (χ4v) is 1.27. The molecule has 0 saturated carbocycles. The number of rotatable bonds is 8. The van der Waals surface area contributed by atoms with E-state index in [0.717, 1.165) is 6.42 Å². The van der Waals surface area contributed by atoms with Gasteiger partial charge in [-0.05, 0) is 12.5 Å². The molecule has 0 radical (unpaired) electrons. The maximum absolute atomic E-state index is 10.5. The van der Waals surface area contributed by atoms with Crippen molar-refractivity contribution in [2.24, 2.45) is 0 Å². The molecule has 1 aromatic heterocycles. The molecule has 0 spiro atoms. The van der Waals surface area contributed by atoms with E-state index in [2.05, 4.69) is 26.1 Å². The summed E-state index contributed by atoms with van der Waals surface area (Å²) >= 11 is 5.85. The van der Waals surface area contributed by atoms with Crippen molar-refractivity contribution in [3.05, 3.63) is 17.5 Å². The molecule has 0 atom stereocenters. The van der Waals surface area contributed by atoms with Crippen LogP contribution in [0.2, 0.25) is 5.15 Å². The Morgan fingerprint density at radius 3 is 2.63 bits per heavy atom. The lowest BCUT2D eigenvalue weighted by Crippen LogP contribution is -2.09. The summed E-state index contributed by atoms with van der Waals surface area (Å²) < 4.78 is 0. The number of halogens is 1. The van der Waals surface area contributed by atoms with Gasteiger partial charge in [0.15, 0.2) is 11.0 Å². The van der Waals surface area contributed by atoms with Crippen LogP contribution in [0.15, 0.2) is 12.3 Å². The molecule has 0 aromatic carbocycles. The highest BCUT2D eigenvalue weighted by Gasteiger charge is 2.12. The third kappa shape index (κ3) is 4.43. The second kappa shape index (κ2) is 7.88. The molecule has 0 saturated heterocycles. The second-order valence-corrected chi connectivity index (χ2v) is 3.44. The van der Waals surface area contributed by atoms with Gasteiger partial charge in [0, 0.05) is 0 Å². The molecule has 1 rings (SSSR count). The highest BCUT2D eigenvalue weighted by Crippen LogP contribution is 2.28. The summed E-state index contributed by atoms with van der Waals surface area (Å²) in [5, 5.41) is 4.53. The Hall–Kier alpha value is -2.35. The van der Waals surface area contributed by atoms with Gasteiger partial charge in [0.25, 0.3) is 0 Å². The number of hydrogen-bond acceptors (Lipinski definition) is 6. The zero-order valence-corrected chi connectivity index (χ0v) is 10.8. The largest absolute Gasteiger partial charge is 0.389 e. The van der Waals surface area contributed by atoms with E-state index < -0.39 is 0 Å². The molecule has 0 bridgehead atoms. The fraction of sp³-hybridized carbons (Fsp3) is 0.200. The molecule has 19 heavy (non-hydrogen) atoms. The minimum absolute atomic E-state index is 0.0259. The number of allylic oxidation sites excluding steroid dienone is 1. The lowest BCUT2D eigenvalue weighted by molar-refractivity contribution is -0.106. The van der Waals surface area contributed by atoms with E-state index in [4.69, 9.17) is 16.4 Å². The van der Waals surface area contributed by atoms with Crippen LogP contribution < -0.4 is 16.1 Å². The van der Waals surface area contributed by atoms with Crippen LogP contribution in [0.4, 0.5) is 17.5 Å². The predicted molar refractivity (Wildman–Crippen MR) is 70.6 cm³/mol. The van der Waals surface area contributed by atoms with Crippen molar-refractivity contribution in [2.75, 3.05) is 16.1 Å². The number of carbonyl (C=O) groups is 2. The molecule has 0 unspecified atom stereocenters. The number of anilines is 3. The molecule has 3 N–H and O–H groups in total. The normalized spacial score (nSPS) is 10.0. The second-order valence-electron chi connectivity index (χ2n) is 3.09. The van der Waals surface area contributed by atoms with Crippen molar-refractivity contribution < 1.29 is 14.4 Å². The van der Waals surface area contributed by atoms with Crippen molar-refractivity contribution in [1.82, 2.24) is 9.97 Å². The van der Waals surface area contributed by atoms with Crippen molar-refractivity contribution in [1.29, 1.82) is 0 Å². The van der Waals surface area contributed by atoms with Gasteiger partial charge < -0.3 is 10.2 Å². The highest BCUT2D eigenvalue weighted by molar-refractivity contribution is 6.33. The van der Waals surface area contributed by atoms with E-state index in [-0.39, 0.29) is 22.6 Å². The summed E-state index contributed by atoms with van der Waals surface area (Å²) in [5.41, 5.74) is 2.61. The Morgan fingerprint density at radius 1 is 1.26 bits per heavy atom. The molecular weight excluding hydrogens is 274 g/mol. The zero-order chi connectivity index (χ0) is 14.1. The maximum Gasteiger partial charge on any atom is 0.232 e. The Balaban J connectivity index is 2.97. The Kier molecular flexibility index (Phi) is 6.10. The number of carbonyl (C=O) groups excluding carboxylic acids is 2. The fourth-order valence-electron chi connectivity index (χ4n) is 1.05. The first kappa shape index (κ1) is 14.7. The molecular formula is C10H12ClN5O3. The minimum Gasteiger partial charge on any atom is -0.389 e. The molecule has 8 nitrogen and oxygen atoms in total. The highest BCUT2D eigenvalue weighted by atomic mass is 35.5. The van der Waals surface area contributed by atoms with Crippen LogP contribution in [-0.2, 0) is 14.4 Å². The molecule has 9 heteroatoms. The van der Waals surface area contributed by atoms with Crippen molar-refractivity contribution >= 4 is 41.9 Å². The standard InChI is InChI=1S/C10H12ClN5O3/c1-2-3-4-19-16-9-7(12-5-17)8(11)14-10(15-9)13-6-18/h3-6H,2H2,1H3,(H,12,17)(H2,13,14,15,16,18). The van der Waals surface area contributed by atoms with Gasteiger partial charge in [-0.1, -0.05) is 18.5 Å². The summed E-state index contributed by atoms with van der Waals surface area (Å²) in [6, 6.07) is 0. The molecule has 0 fully saturated rings. The monoisotopic (exact) mass is 285 g/mol. The van der Waals surface area contributed by atoms with E-state index >= 15 is 0 Å². The number of amides is 2. The van der Waals surface area contributed by atoms with Crippen LogP contribution in [-0.4, -0.2) is 22.8 Å². The molecule has 1 heterocycles. The molecule has 1 aromatic rings. The van der Waals surface area contributed by atoms with Crippen LogP contribution in [0, 0.1) is 0 Å². The van der Waals surface area contributed by atoms with Crippen LogP contribution in [0.25, 0.3) is 0 Å². The van der Waals surface area contributed by atoms with Gasteiger partial charge in [-0.15, -0.1) is 0 Å². The van der Waals surface area contributed by atoms with Crippen LogP contribution in [0.1, 0.15) is 13.3 Å². The third-order valence-corrected chi connectivity index (χ3v) is 2.09. The molecule has 2 amide bonds. The summed E-state index contributed by atoms with van der Waals surface area (Å²) in [5.74, 6) is 0.0826. The van der Waals surface area contributed by atoms with Gasteiger partial charge in [-0.2, -0.15) is 9.97 Å². The number of nitrogens with zero attached hydrogens (tertiary/aromatic N) is 2. The third-order valence-electron chi connectivity index (χ3n) is 1.81. The summed E-state index contributed by atoms with van der Waals surface area (Å²) in [7, 11) is 0. The average Bonchev–Trinajstić information content (AvgIpc) is 2.39. The Morgan fingerprint density at radius 2 is 2.00 bits per heavy atom. The first-order valence-corrected chi connectivity index (χ1v) is 5.65. The predicted octanol–water partition coefficient (Wildman–Crippen LogP) is 1.53. The van der Waals surface area contributed by atoms with Crippen LogP contribution in [0.3, 0.4) is 0 Å². The van der Waals surface area contributed by atoms with E-state index in [1.54, 1.807) is 6.08 Å². The van der Waals surface area contributed by atoms with Crippen molar-refractivity contribution in [2.45, 2.75) is 13.3 Å². The lowest BCUT2D eigenvalue weighted by atomic mass is 10.5. The quantitative estimate of drug-likeness (QED) is 0.289. The lowest BCUT2D eigenvalue weighted by Gasteiger charge is -2.11. The number of aromatic nitrogens is 2. The summed E-state index contributed by atoms with van der Waals surface area (Å²) in [4.78, 5) is 33.5. The van der Waals surface area contributed by atoms with Gasteiger partial charge in [-0.3, -0.25) is 14.9 Å². The Labute approximate surface area is 114 Å². The molecule has 0 aliphatic rings. The molecule has 102 valence electrons. The Bertz CT molecular complexity index is 480.